The van der Waals surface area contributed by atoms with Gasteiger partial charge in [0.05, 0.1) is 11.6 Å². The lowest BCUT2D eigenvalue weighted by Crippen LogP contribution is -2.50. The van der Waals surface area contributed by atoms with E-state index in [1.165, 1.54) is 4.90 Å². The molecule has 1 aromatic carbocycles. The van der Waals surface area contributed by atoms with Gasteiger partial charge in [-0.3, -0.25) is 4.79 Å². The van der Waals surface area contributed by atoms with Gasteiger partial charge in [0.15, 0.2) is 0 Å². The highest BCUT2D eigenvalue weighted by molar-refractivity contribution is 5.98. The van der Waals surface area contributed by atoms with Gasteiger partial charge in [-0.15, -0.1) is 0 Å². The van der Waals surface area contributed by atoms with Crippen molar-refractivity contribution in [3.05, 3.63) is 35.4 Å². The smallest absolute Gasteiger partial charge is 0.329 e. The van der Waals surface area contributed by atoms with Crippen LogP contribution in [0.15, 0.2) is 24.3 Å². The molecule has 1 saturated heterocycles. The summed E-state index contributed by atoms with van der Waals surface area (Å²) in [5.41, 5.74) is -0.252. The molecule has 1 aliphatic heterocycles. The first kappa shape index (κ1) is 13.1. The molecule has 5 nitrogen and oxygen atoms in total. The summed E-state index contributed by atoms with van der Waals surface area (Å²) in [5, 5.41) is 18.0. The highest BCUT2D eigenvalue weighted by atomic mass is 16.4. The highest BCUT2D eigenvalue weighted by Crippen LogP contribution is 2.30. The molecule has 1 N–H and O–H groups in total. The normalized spacial score (nSPS) is 22.0. The Labute approximate surface area is 111 Å². The average Bonchev–Trinajstić information content (AvgIpc) is 2.81. The number of rotatable bonds is 2. The van der Waals surface area contributed by atoms with E-state index in [0.717, 1.165) is 0 Å². The van der Waals surface area contributed by atoms with Crippen molar-refractivity contribution in [2.45, 2.75) is 25.3 Å². The number of carbonyl (C=O) groups is 2. The van der Waals surface area contributed by atoms with E-state index in [-0.39, 0.29) is 5.91 Å². The molecule has 1 aromatic rings. The van der Waals surface area contributed by atoms with Crippen molar-refractivity contribution in [2.24, 2.45) is 0 Å². The monoisotopic (exact) mass is 258 g/mol. The first-order valence-corrected chi connectivity index (χ1v) is 6.04. The van der Waals surface area contributed by atoms with Crippen molar-refractivity contribution in [1.29, 1.82) is 5.26 Å². The largest absolute Gasteiger partial charge is 0.480 e. The summed E-state index contributed by atoms with van der Waals surface area (Å²) < 4.78 is 0. The van der Waals surface area contributed by atoms with E-state index < -0.39 is 11.5 Å². The second kappa shape index (κ2) is 4.73. The van der Waals surface area contributed by atoms with E-state index in [1.54, 1.807) is 31.2 Å². The lowest BCUT2D eigenvalue weighted by atomic mass is 9.98. The van der Waals surface area contributed by atoms with Gasteiger partial charge in [0, 0.05) is 12.1 Å². The molecule has 1 unspecified atom stereocenters. The van der Waals surface area contributed by atoms with Gasteiger partial charge < -0.3 is 10.0 Å². The standard InChI is InChI=1S/C14H14N2O3/c1-14(13(18)19)7-2-8-16(14)12(17)11-5-3-10(9-15)4-6-11/h3-6H,2,7-8H2,1H3,(H,18,19). The Balaban J connectivity index is 2.28. The Hall–Kier alpha value is -2.35. The third kappa shape index (κ3) is 2.17. The first-order valence-electron chi connectivity index (χ1n) is 6.04. The fraction of sp³-hybridized carbons (Fsp3) is 0.357. The number of aliphatic carboxylic acids is 1. The van der Waals surface area contributed by atoms with E-state index >= 15 is 0 Å². The van der Waals surface area contributed by atoms with E-state index in [0.29, 0.717) is 30.5 Å². The van der Waals surface area contributed by atoms with Gasteiger partial charge in [-0.1, -0.05) is 0 Å². The Morgan fingerprint density at radius 1 is 1.37 bits per heavy atom. The number of likely N-dealkylation sites (tertiary alicyclic amines) is 1. The lowest BCUT2D eigenvalue weighted by Gasteiger charge is -2.31. The van der Waals surface area contributed by atoms with Crippen LogP contribution in [0.4, 0.5) is 0 Å². The van der Waals surface area contributed by atoms with Crippen LogP contribution in [0.5, 0.6) is 0 Å². The van der Waals surface area contributed by atoms with Gasteiger partial charge >= 0.3 is 5.97 Å². The zero-order valence-corrected chi connectivity index (χ0v) is 10.6. The van der Waals surface area contributed by atoms with Gasteiger partial charge in [0.25, 0.3) is 5.91 Å². The number of hydrogen-bond acceptors (Lipinski definition) is 3. The van der Waals surface area contributed by atoms with Crippen molar-refractivity contribution >= 4 is 11.9 Å². The first-order chi connectivity index (χ1) is 8.99. The van der Waals surface area contributed by atoms with E-state index in [1.807, 2.05) is 6.07 Å². The van der Waals surface area contributed by atoms with Gasteiger partial charge in [0.2, 0.25) is 0 Å². The maximum atomic E-state index is 12.3. The molecular weight excluding hydrogens is 244 g/mol. The topological polar surface area (TPSA) is 81.4 Å². The van der Waals surface area contributed by atoms with E-state index in [4.69, 9.17) is 5.26 Å². The maximum absolute atomic E-state index is 12.3. The minimum Gasteiger partial charge on any atom is -0.480 e. The second-order valence-electron chi connectivity index (χ2n) is 4.83. The van der Waals surface area contributed by atoms with Crippen LogP contribution < -0.4 is 0 Å². The molecule has 0 aliphatic carbocycles. The fourth-order valence-electron chi connectivity index (χ4n) is 2.35. The van der Waals surface area contributed by atoms with Gasteiger partial charge in [0.1, 0.15) is 5.54 Å². The molecule has 1 fully saturated rings. The summed E-state index contributed by atoms with van der Waals surface area (Å²) in [7, 11) is 0. The SMILES string of the molecule is CC1(C(=O)O)CCCN1C(=O)c1ccc(C#N)cc1. The predicted octanol–water partition coefficient (Wildman–Crippen LogP) is 1.64. The molecule has 0 aromatic heterocycles. The molecule has 0 bridgehead atoms. The number of carbonyl (C=O) groups excluding carboxylic acids is 1. The third-order valence-electron chi connectivity index (χ3n) is 3.61. The molecule has 1 amide bonds. The zero-order valence-electron chi connectivity index (χ0n) is 10.6. The summed E-state index contributed by atoms with van der Waals surface area (Å²) >= 11 is 0. The summed E-state index contributed by atoms with van der Waals surface area (Å²) in [6.07, 6.45) is 1.15. The van der Waals surface area contributed by atoms with Gasteiger partial charge in [-0.2, -0.15) is 5.26 Å². The fourth-order valence-corrected chi connectivity index (χ4v) is 2.35. The number of carboxylic acid groups (broad SMARTS) is 1. The summed E-state index contributed by atoms with van der Waals surface area (Å²) in [6, 6.07) is 8.21. The number of nitriles is 1. The van der Waals surface area contributed by atoms with Crippen molar-refractivity contribution in [3.8, 4) is 6.07 Å². The quantitative estimate of drug-likeness (QED) is 0.874. The number of carboxylic acids is 1. The molecular formula is C14H14N2O3. The van der Waals surface area contributed by atoms with Gasteiger partial charge in [-0.25, -0.2) is 4.79 Å². The summed E-state index contributed by atoms with van der Waals surface area (Å²) in [6.45, 7) is 2.02. The van der Waals surface area contributed by atoms with Crippen LogP contribution in [0.3, 0.4) is 0 Å². The predicted molar refractivity (Wildman–Crippen MR) is 67.5 cm³/mol. The van der Waals surface area contributed by atoms with Crippen LogP contribution in [0.25, 0.3) is 0 Å². The number of nitrogens with zero attached hydrogens (tertiary/aromatic N) is 2. The maximum Gasteiger partial charge on any atom is 0.329 e. The van der Waals surface area contributed by atoms with Crippen molar-refractivity contribution < 1.29 is 14.7 Å². The third-order valence-corrected chi connectivity index (χ3v) is 3.61. The molecule has 0 spiro atoms. The van der Waals surface area contributed by atoms with E-state index in [2.05, 4.69) is 0 Å². The number of benzene rings is 1. The van der Waals surface area contributed by atoms with Crippen molar-refractivity contribution in [3.63, 3.8) is 0 Å². The minimum atomic E-state index is -1.13. The average molecular weight is 258 g/mol. The molecule has 0 saturated carbocycles. The molecule has 2 rings (SSSR count). The molecule has 1 heterocycles. The van der Waals surface area contributed by atoms with Gasteiger partial charge in [-0.05, 0) is 44.0 Å². The molecule has 19 heavy (non-hydrogen) atoms. The van der Waals surface area contributed by atoms with Crippen LogP contribution in [-0.4, -0.2) is 34.0 Å². The Bertz CT molecular complexity index is 559. The van der Waals surface area contributed by atoms with E-state index in [9.17, 15) is 14.7 Å². The van der Waals surface area contributed by atoms with Crippen LogP contribution in [0, 0.1) is 11.3 Å². The zero-order chi connectivity index (χ0) is 14.0. The second-order valence-corrected chi connectivity index (χ2v) is 4.83. The Morgan fingerprint density at radius 3 is 2.53 bits per heavy atom. The molecule has 1 atom stereocenters. The summed E-state index contributed by atoms with van der Waals surface area (Å²) in [5.74, 6) is -1.28. The highest BCUT2D eigenvalue weighted by Gasteiger charge is 2.46. The number of amides is 1. The summed E-state index contributed by atoms with van der Waals surface area (Å²) in [4.78, 5) is 25.1. The molecule has 0 radical (unpaired) electrons. The number of hydrogen-bond donors (Lipinski definition) is 1. The van der Waals surface area contributed by atoms with Crippen LogP contribution >= 0.6 is 0 Å². The molecule has 1 aliphatic rings. The van der Waals surface area contributed by atoms with Crippen LogP contribution in [0.2, 0.25) is 0 Å². The Kier molecular flexibility index (Phi) is 3.26. The minimum absolute atomic E-state index is 0.299. The van der Waals surface area contributed by atoms with Crippen LogP contribution in [-0.2, 0) is 4.79 Å². The molecule has 98 valence electrons. The Morgan fingerprint density at radius 2 is 2.00 bits per heavy atom. The van der Waals surface area contributed by atoms with Crippen LogP contribution in [0.1, 0.15) is 35.7 Å². The molecule has 5 heteroatoms. The van der Waals surface area contributed by atoms with Crippen molar-refractivity contribution in [1.82, 2.24) is 4.90 Å². The lowest BCUT2D eigenvalue weighted by molar-refractivity contribution is -0.147. The van der Waals surface area contributed by atoms with Crippen molar-refractivity contribution in [2.75, 3.05) is 6.54 Å².